The van der Waals surface area contributed by atoms with Gasteiger partial charge in [0, 0.05) is 41.5 Å². The number of nitrogens with zero attached hydrogens (tertiary/aromatic N) is 1. The molecule has 0 radical (unpaired) electrons. The number of methoxy groups -OCH3 is 1. The predicted octanol–water partition coefficient (Wildman–Crippen LogP) is 5.05. The second kappa shape index (κ2) is 7.11. The van der Waals surface area contributed by atoms with E-state index in [1.807, 2.05) is 25.3 Å². The lowest BCUT2D eigenvalue weighted by molar-refractivity contribution is -0.324. The van der Waals surface area contributed by atoms with Gasteiger partial charge in [0.05, 0.1) is 6.10 Å². The van der Waals surface area contributed by atoms with Crippen molar-refractivity contribution in [3.8, 4) is 11.5 Å². The van der Waals surface area contributed by atoms with Gasteiger partial charge in [0.1, 0.15) is 11.7 Å². The van der Waals surface area contributed by atoms with Gasteiger partial charge in [-0.15, -0.1) is 0 Å². The van der Waals surface area contributed by atoms with E-state index in [1.54, 1.807) is 0 Å². The highest BCUT2D eigenvalue weighted by atomic mass is 16.6. The van der Waals surface area contributed by atoms with E-state index in [1.165, 1.54) is 30.5 Å². The van der Waals surface area contributed by atoms with Crippen LogP contribution in [0.2, 0.25) is 0 Å². The van der Waals surface area contributed by atoms with Crippen molar-refractivity contribution < 1.29 is 19.7 Å². The average Bonchev–Trinajstić information content (AvgIpc) is 3.64. The molecule has 2 aliphatic heterocycles. The van der Waals surface area contributed by atoms with Crippen LogP contribution in [-0.4, -0.2) is 53.1 Å². The van der Waals surface area contributed by atoms with Crippen molar-refractivity contribution in [3.63, 3.8) is 0 Å². The van der Waals surface area contributed by atoms with Crippen molar-refractivity contribution in [1.82, 2.24) is 4.90 Å². The number of aliphatic hydroxyl groups is 1. The summed E-state index contributed by atoms with van der Waals surface area (Å²) in [6, 6.07) is 12.7. The molecule has 5 aliphatic carbocycles. The average molecular weight is 502 g/mol. The van der Waals surface area contributed by atoms with Gasteiger partial charge in [-0.05, 0) is 87.1 Å². The molecule has 9 rings (SSSR count). The van der Waals surface area contributed by atoms with Gasteiger partial charge in [0.2, 0.25) is 0 Å². The lowest BCUT2D eigenvalue weighted by atomic mass is 9.31. The van der Waals surface area contributed by atoms with Crippen molar-refractivity contribution in [1.29, 1.82) is 0 Å². The van der Waals surface area contributed by atoms with Crippen LogP contribution >= 0.6 is 0 Å². The molecule has 5 fully saturated rings. The molecule has 1 saturated heterocycles. The third kappa shape index (κ3) is 2.44. The Bertz CT molecular complexity index is 1310. The van der Waals surface area contributed by atoms with E-state index < -0.39 is 17.1 Å². The van der Waals surface area contributed by atoms with E-state index in [2.05, 4.69) is 36.9 Å². The summed E-state index contributed by atoms with van der Waals surface area (Å²) in [4.78, 5) is 2.82. The first-order chi connectivity index (χ1) is 17.8. The molecule has 196 valence electrons. The number of piperidine rings is 1. The number of fused-ring (bicyclic) bond motifs is 2. The first kappa shape index (κ1) is 22.9. The van der Waals surface area contributed by atoms with Crippen molar-refractivity contribution in [2.45, 2.75) is 88.1 Å². The van der Waals surface area contributed by atoms with Crippen LogP contribution in [0.4, 0.5) is 0 Å². The minimum Gasteiger partial charge on any atom is -0.504 e. The molecular formula is C32H39NO4. The Morgan fingerprint density at radius 1 is 1.14 bits per heavy atom. The highest BCUT2D eigenvalue weighted by Crippen LogP contribution is 2.80. The number of benzene rings is 2. The summed E-state index contributed by atoms with van der Waals surface area (Å²) >= 11 is 0. The topological polar surface area (TPSA) is 62.2 Å². The van der Waals surface area contributed by atoms with E-state index in [-0.39, 0.29) is 22.7 Å². The zero-order valence-electron chi connectivity index (χ0n) is 22.3. The lowest BCUT2D eigenvalue weighted by Crippen LogP contribution is -2.83. The van der Waals surface area contributed by atoms with Crippen molar-refractivity contribution in [2.24, 2.45) is 16.7 Å². The second-order valence-electron chi connectivity index (χ2n) is 13.4. The Kier molecular flexibility index (Phi) is 4.39. The van der Waals surface area contributed by atoms with Crippen LogP contribution in [0.5, 0.6) is 11.5 Å². The number of ether oxygens (including phenoxy) is 2. The Morgan fingerprint density at radius 3 is 2.70 bits per heavy atom. The molecule has 37 heavy (non-hydrogen) atoms. The zero-order valence-corrected chi connectivity index (χ0v) is 22.3. The van der Waals surface area contributed by atoms with Gasteiger partial charge in [-0.25, -0.2) is 0 Å². The molecule has 0 amide bonds. The summed E-state index contributed by atoms with van der Waals surface area (Å²) in [7, 11) is 1.83. The second-order valence-corrected chi connectivity index (χ2v) is 13.4. The van der Waals surface area contributed by atoms with Gasteiger partial charge in [-0.3, -0.25) is 4.90 Å². The number of rotatable bonds is 5. The van der Waals surface area contributed by atoms with Crippen LogP contribution in [0.1, 0.15) is 73.8 Å². The summed E-state index contributed by atoms with van der Waals surface area (Å²) < 4.78 is 13.6. The monoisotopic (exact) mass is 501 g/mol. The molecule has 5 nitrogen and oxygen atoms in total. The maximum atomic E-state index is 12.3. The van der Waals surface area contributed by atoms with Gasteiger partial charge in [-0.2, -0.15) is 0 Å². The number of aryl methyl sites for hydroxylation is 1. The van der Waals surface area contributed by atoms with Crippen molar-refractivity contribution in [3.05, 3.63) is 58.7 Å². The largest absolute Gasteiger partial charge is 0.504 e. The fourth-order valence-electron chi connectivity index (χ4n) is 10.4. The van der Waals surface area contributed by atoms with Gasteiger partial charge < -0.3 is 19.7 Å². The molecule has 4 saturated carbocycles. The Hall–Kier alpha value is -2.08. The molecule has 2 aromatic rings. The van der Waals surface area contributed by atoms with Crippen LogP contribution in [-0.2, 0) is 16.6 Å². The predicted molar refractivity (Wildman–Crippen MR) is 141 cm³/mol. The summed E-state index contributed by atoms with van der Waals surface area (Å²) in [6.07, 6.45) is 6.73. The van der Waals surface area contributed by atoms with Crippen LogP contribution in [0, 0.1) is 23.7 Å². The molecule has 7 aliphatic rings. The Balaban J connectivity index is 1.37. The van der Waals surface area contributed by atoms with Gasteiger partial charge >= 0.3 is 0 Å². The molecule has 0 aromatic heterocycles. The minimum absolute atomic E-state index is 0.0183. The lowest BCUT2D eigenvalue weighted by Gasteiger charge is -2.77. The van der Waals surface area contributed by atoms with Crippen LogP contribution in [0.3, 0.4) is 0 Å². The van der Waals surface area contributed by atoms with Gasteiger partial charge in [0.15, 0.2) is 11.5 Å². The Morgan fingerprint density at radius 2 is 1.95 bits per heavy atom. The molecule has 2 aromatic carbocycles. The standard InChI is InChI=1S/C32H39NO4/c1-19-6-4-5-7-22(19)27(35)29(2)18-30-12-13-32(29,36-3)28-31(30)14-15-33(17-20-8-9-20)24(30)16-21-10-11-23(34)26(37-28)25(21)31/h4-7,10-11,20,24,27-28,34-35H,8-9,12-18H2,1-3H3/t24-,27+,28-,29-,30-,31+,32+/m1/s1. The molecule has 2 spiro atoms. The van der Waals surface area contributed by atoms with Crippen molar-refractivity contribution >= 4 is 0 Å². The molecule has 0 unspecified atom stereocenters. The zero-order chi connectivity index (χ0) is 25.4. The third-order valence-electron chi connectivity index (χ3n) is 12.2. The quantitative estimate of drug-likeness (QED) is 0.601. The number of aromatic hydroxyl groups is 1. The third-order valence-corrected chi connectivity index (χ3v) is 12.2. The minimum atomic E-state index is -0.664. The summed E-state index contributed by atoms with van der Waals surface area (Å²) in [5.74, 6) is 1.79. The Labute approximate surface area is 219 Å². The SMILES string of the molecule is CO[C@]12CC[C@@]3(C[C@]1(C)[C@@H](O)c1ccccc1C)[C@H]1Cc4ccc(O)c5c4[C@@]3(CCN1CC1CC1)[C@H]2O5. The van der Waals surface area contributed by atoms with E-state index >= 15 is 0 Å². The van der Waals surface area contributed by atoms with E-state index in [4.69, 9.17) is 9.47 Å². The van der Waals surface area contributed by atoms with E-state index in [0.29, 0.717) is 11.8 Å². The van der Waals surface area contributed by atoms with Gasteiger partial charge in [0.25, 0.3) is 0 Å². The first-order valence-electron chi connectivity index (χ1n) is 14.4. The number of phenols is 1. The molecular weight excluding hydrogens is 462 g/mol. The smallest absolute Gasteiger partial charge is 0.165 e. The normalized spacial score (nSPS) is 41.8. The van der Waals surface area contributed by atoms with Crippen LogP contribution in [0.25, 0.3) is 0 Å². The maximum absolute atomic E-state index is 12.3. The number of likely N-dealkylation sites (tertiary alicyclic amines) is 1. The molecule has 5 heteroatoms. The summed E-state index contributed by atoms with van der Waals surface area (Å²) in [5.41, 5.74) is 3.35. The summed E-state index contributed by atoms with van der Waals surface area (Å²) in [5, 5.41) is 23.4. The molecule has 4 bridgehead atoms. The van der Waals surface area contributed by atoms with Crippen LogP contribution < -0.4 is 4.74 Å². The highest BCUT2D eigenvalue weighted by molar-refractivity contribution is 5.63. The molecule has 2 N–H and O–H groups in total. The highest BCUT2D eigenvalue weighted by Gasteiger charge is 2.84. The van der Waals surface area contributed by atoms with E-state index in [9.17, 15) is 10.2 Å². The maximum Gasteiger partial charge on any atom is 0.165 e. The fraction of sp³-hybridized carbons (Fsp3) is 0.625. The number of hydrogen-bond acceptors (Lipinski definition) is 5. The fourth-order valence-corrected chi connectivity index (χ4v) is 10.4. The number of aliphatic hydroxyl groups excluding tert-OH is 1. The number of phenolic OH excluding ortho intramolecular Hbond substituents is 1. The number of hydrogen-bond donors (Lipinski definition) is 2. The van der Waals surface area contributed by atoms with E-state index in [0.717, 1.165) is 55.7 Å². The van der Waals surface area contributed by atoms with Gasteiger partial charge in [-0.1, -0.05) is 37.3 Å². The summed E-state index contributed by atoms with van der Waals surface area (Å²) in [6.45, 7) is 6.64. The molecule has 2 heterocycles. The molecule has 7 atom stereocenters. The van der Waals surface area contributed by atoms with Crippen molar-refractivity contribution in [2.75, 3.05) is 20.2 Å². The van der Waals surface area contributed by atoms with Crippen LogP contribution in [0.15, 0.2) is 36.4 Å². The first-order valence-corrected chi connectivity index (χ1v) is 14.4.